The Hall–Kier alpha value is -5.25. The van der Waals surface area contributed by atoms with Crippen molar-refractivity contribution in [3.05, 3.63) is 60.2 Å². The Labute approximate surface area is 234 Å². The molecule has 3 aromatic carbocycles. The Balaban J connectivity index is 1.76. The van der Waals surface area contributed by atoms with E-state index in [1.807, 2.05) is 0 Å². The lowest BCUT2D eigenvalue weighted by Crippen LogP contribution is -2.20. The Kier molecular flexibility index (Phi) is 9.76. The largest absolute Gasteiger partial charge is 0.506 e. The molecule has 41 heavy (non-hydrogen) atoms. The molecule has 0 heterocycles. The van der Waals surface area contributed by atoms with Crippen molar-refractivity contribution in [1.29, 1.82) is 0 Å². The van der Waals surface area contributed by atoms with Crippen LogP contribution in [0.2, 0.25) is 0 Å². The molecule has 5 N–H and O–H groups in total. The second kappa shape index (κ2) is 13.2. The van der Waals surface area contributed by atoms with Crippen molar-refractivity contribution < 1.29 is 32.6 Å². The van der Waals surface area contributed by atoms with Crippen LogP contribution in [0.4, 0.5) is 11.4 Å². The molecule has 0 aromatic heterocycles. The average molecular weight is 583 g/mol. The van der Waals surface area contributed by atoms with Crippen LogP contribution in [-0.4, -0.2) is 49.7 Å². The van der Waals surface area contributed by atoms with Gasteiger partial charge < -0.3 is 26.2 Å². The number of phenolic OH excluding ortho intramolecular Hbond substituents is 1. The number of hydrogen-bond donors (Lipinski definition) is 3. The number of carbonyl (C=O) groups excluding carboxylic acids is 2. The maximum atomic E-state index is 12.6. The van der Waals surface area contributed by atoms with E-state index in [4.69, 9.17) is 21.1 Å². The van der Waals surface area contributed by atoms with Crippen LogP contribution in [0.1, 0.15) is 30.6 Å². The lowest BCUT2D eigenvalue weighted by atomic mass is 10.0. The second-order valence-corrected chi connectivity index (χ2v) is 10.4. The van der Waals surface area contributed by atoms with E-state index < -0.39 is 28.1 Å². The molecule has 3 aromatic rings. The Morgan fingerprint density at radius 1 is 1.00 bits per heavy atom. The highest BCUT2D eigenvalue weighted by Gasteiger charge is 2.17. The molecule has 0 saturated heterocycles. The van der Waals surface area contributed by atoms with Gasteiger partial charge in [0.2, 0.25) is 6.29 Å². The molecule has 0 fully saturated rings. The van der Waals surface area contributed by atoms with Gasteiger partial charge in [-0.25, -0.2) is 13.2 Å². The van der Waals surface area contributed by atoms with Gasteiger partial charge in [-0.2, -0.15) is 5.10 Å². The zero-order valence-corrected chi connectivity index (χ0v) is 22.9. The summed E-state index contributed by atoms with van der Waals surface area (Å²) >= 11 is 0. The van der Waals surface area contributed by atoms with Gasteiger partial charge in [0, 0.05) is 25.5 Å². The summed E-state index contributed by atoms with van der Waals surface area (Å²) < 4.78 is 33.5. The number of fused-ring (bicyclic) bond motifs is 1. The number of esters is 2. The second-order valence-electron chi connectivity index (χ2n) is 8.39. The SMILES string of the molecule is CC(=O)OC(C)OC(=O)c1cccc2c(N=NN=C(N)CC(N=Nc3cc(S(C)(=O)=O)ccc3O)=NN)cccc12. The number of rotatable bonds is 9. The molecule has 0 aliphatic heterocycles. The summed E-state index contributed by atoms with van der Waals surface area (Å²) in [7, 11) is -3.54. The fraction of sp³-hybridized carbons (Fsp3) is 0.200. The zero-order valence-electron chi connectivity index (χ0n) is 22.1. The van der Waals surface area contributed by atoms with E-state index in [0.717, 1.165) is 12.3 Å². The summed E-state index contributed by atoms with van der Waals surface area (Å²) in [5.41, 5.74) is 6.36. The maximum absolute atomic E-state index is 12.6. The van der Waals surface area contributed by atoms with Gasteiger partial charge in [0.15, 0.2) is 15.7 Å². The first-order chi connectivity index (χ1) is 19.4. The number of aromatic hydroxyl groups is 1. The molecule has 3 rings (SSSR count). The van der Waals surface area contributed by atoms with Gasteiger partial charge in [0.25, 0.3) is 0 Å². The van der Waals surface area contributed by atoms with Gasteiger partial charge >= 0.3 is 11.9 Å². The summed E-state index contributed by atoms with van der Waals surface area (Å²) in [6, 6.07) is 13.4. The quantitative estimate of drug-likeness (QED) is 0.0631. The van der Waals surface area contributed by atoms with Crippen LogP contribution in [-0.2, 0) is 24.1 Å². The molecule has 0 aliphatic rings. The summed E-state index contributed by atoms with van der Waals surface area (Å²) in [4.78, 5) is 23.7. The van der Waals surface area contributed by atoms with Crippen molar-refractivity contribution in [2.24, 2.45) is 42.3 Å². The van der Waals surface area contributed by atoms with Crippen LogP contribution in [0.5, 0.6) is 5.75 Å². The molecular formula is C25H26N8O7S. The van der Waals surface area contributed by atoms with E-state index in [2.05, 4.69) is 30.8 Å². The molecule has 0 bridgehead atoms. The number of ether oxygens (including phenoxy) is 2. The molecule has 1 atom stereocenters. The fourth-order valence-corrected chi connectivity index (χ4v) is 4.03. The number of nitrogens with two attached hydrogens (primary N) is 2. The molecular weight excluding hydrogens is 556 g/mol. The lowest BCUT2D eigenvalue weighted by molar-refractivity contribution is -0.162. The van der Waals surface area contributed by atoms with Crippen LogP contribution >= 0.6 is 0 Å². The molecule has 214 valence electrons. The van der Waals surface area contributed by atoms with E-state index >= 15 is 0 Å². The van der Waals surface area contributed by atoms with E-state index in [9.17, 15) is 23.1 Å². The minimum absolute atomic E-state index is 0.0639. The monoisotopic (exact) mass is 582 g/mol. The standard InChI is InChI=1S/C25H26N8O7S/c1-14(34)39-15(2)40-25(36)19-8-4-7-18-17(19)6-5-9-20(18)30-33-31-23(26)13-24(28-27)32-29-21-12-16(41(3,37)38)10-11-22(21)35/h4-12,15,35H,13,27H2,1-3H3,(H2,26,30,31). The minimum Gasteiger partial charge on any atom is -0.506 e. The van der Waals surface area contributed by atoms with Crippen LogP contribution in [0.25, 0.3) is 10.8 Å². The number of amidine groups is 2. The maximum Gasteiger partial charge on any atom is 0.341 e. The van der Waals surface area contributed by atoms with Gasteiger partial charge in [-0.1, -0.05) is 24.3 Å². The summed E-state index contributed by atoms with van der Waals surface area (Å²) in [6.45, 7) is 2.63. The molecule has 1 unspecified atom stereocenters. The van der Waals surface area contributed by atoms with Crippen LogP contribution in [0.15, 0.2) is 90.3 Å². The molecule has 0 aliphatic carbocycles. The number of carbonyl (C=O) groups is 2. The molecule has 0 saturated carbocycles. The number of hydrogen-bond acceptors (Lipinski definition) is 12. The Morgan fingerprint density at radius 2 is 1.71 bits per heavy atom. The predicted molar refractivity (Wildman–Crippen MR) is 149 cm³/mol. The third-order valence-electron chi connectivity index (χ3n) is 5.19. The van der Waals surface area contributed by atoms with Crippen LogP contribution in [0, 0.1) is 0 Å². The third kappa shape index (κ3) is 8.37. The van der Waals surface area contributed by atoms with Crippen molar-refractivity contribution in [1.82, 2.24) is 0 Å². The van der Waals surface area contributed by atoms with Gasteiger partial charge in [0.1, 0.15) is 17.3 Å². The van der Waals surface area contributed by atoms with Crippen molar-refractivity contribution in [3.63, 3.8) is 0 Å². The summed E-state index contributed by atoms with van der Waals surface area (Å²) in [5, 5.41) is 33.7. The fourth-order valence-electron chi connectivity index (χ4n) is 3.39. The van der Waals surface area contributed by atoms with Gasteiger partial charge in [-0.15, -0.1) is 20.4 Å². The van der Waals surface area contributed by atoms with Crippen molar-refractivity contribution in [2.75, 3.05) is 6.26 Å². The zero-order chi connectivity index (χ0) is 30.2. The average Bonchev–Trinajstić information content (AvgIpc) is 2.90. The van der Waals surface area contributed by atoms with E-state index in [-0.39, 0.29) is 40.0 Å². The molecule has 0 amide bonds. The molecule has 0 radical (unpaired) electrons. The molecule has 16 heteroatoms. The van der Waals surface area contributed by atoms with Crippen LogP contribution in [0.3, 0.4) is 0 Å². The van der Waals surface area contributed by atoms with Gasteiger partial charge in [-0.3, -0.25) is 4.79 Å². The molecule has 15 nitrogen and oxygen atoms in total. The summed E-state index contributed by atoms with van der Waals surface area (Å²) in [5.74, 6) is 3.57. The minimum atomic E-state index is -3.54. The van der Waals surface area contributed by atoms with Crippen LogP contribution < -0.4 is 11.6 Å². The normalized spacial score (nSPS) is 13.5. The molecule has 0 spiro atoms. The highest BCUT2D eigenvalue weighted by molar-refractivity contribution is 7.90. The Bertz CT molecular complexity index is 1700. The lowest BCUT2D eigenvalue weighted by Gasteiger charge is -2.14. The number of azo groups is 1. The topological polar surface area (TPSA) is 233 Å². The highest BCUT2D eigenvalue weighted by Crippen LogP contribution is 2.30. The highest BCUT2D eigenvalue weighted by atomic mass is 32.2. The number of benzene rings is 3. The number of hydrazone groups is 1. The smallest absolute Gasteiger partial charge is 0.341 e. The Morgan fingerprint density at radius 3 is 2.39 bits per heavy atom. The van der Waals surface area contributed by atoms with Crippen molar-refractivity contribution in [3.8, 4) is 5.75 Å². The number of nitrogens with zero attached hydrogens (tertiary/aromatic N) is 6. The predicted octanol–water partition coefficient (Wildman–Crippen LogP) is 3.82. The van der Waals surface area contributed by atoms with E-state index in [1.54, 1.807) is 36.4 Å². The summed E-state index contributed by atoms with van der Waals surface area (Å²) in [6.07, 6.45) is -0.254. The van der Waals surface area contributed by atoms with Gasteiger partial charge in [-0.05, 0) is 40.9 Å². The first-order valence-electron chi connectivity index (χ1n) is 11.7. The first-order valence-corrected chi connectivity index (χ1v) is 13.6. The van der Waals surface area contributed by atoms with Gasteiger partial charge in [0.05, 0.1) is 22.6 Å². The van der Waals surface area contributed by atoms with Crippen molar-refractivity contribution >= 4 is 55.6 Å². The number of phenols is 1. The van der Waals surface area contributed by atoms with Crippen molar-refractivity contribution in [2.45, 2.75) is 31.5 Å². The van der Waals surface area contributed by atoms with E-state index in [0.29, 0.717) is 16.5 Å². The first kappa shape index (κ1) is 30.3. The van der Waals surface area contributed by atoms with E-state index in [1.165, 1.54) is 26.0 Å². The number of sulfone groups is 1. The third-order valence-corrected chi connectivity index (χ3v) is 6.30.